The average molecular weight is 426 g/mol. The van der Waals surface area contributed by atoms with Gasteiger partial charge in [-0.15, -0.1) is 0 Å². The molecular formula is C23H34F3N3O. The van der Waals surface area contributed by atoms with Crippen LogP contribution in [0.4, 0.5) is 24.5 Å². The topological polar surface area (TPSA) is 52.7 Å². The van der Waals surface area contributed by atoms with Gasteiger partial charge in [0, 0.05) is 30.9 Å². The van der Waals surface area contributed by atoms with Gasteiger partial charge in [0.15, 0.2) is 5.75 Å². The minimum Gasteiger partial charge on any atom is -0.504 e. The molecule has 1 aromatic carbocycles. The van der Waals surface area contributed by atoms with Crippen molar-refractivity contribution in [2.24, 2.45) is 5.73 Å². The van der Waals surface area contributed by atoms with Gasteiger partial charge in [-0.2, -0.15) is 0 Å². The van der Waals surface area contributed by atoms with E-state index in [1.54, 1.807) is 6.92 Å². The summed E-state index contributed by atoms with van der Waals surface area (Å²) in [6, 6.07) is 3.52. The zero-order valence-corrected chi connectivity index (χ0v) is 18.4. The summed E-state index contributed by atoms with van der Waals surface area (Å²) in [7, 11) is 1.97. The van der Waals surface area contributed by atoms with Crippen molar-refractivity contribution >= 4 is 16.9 Å². The molecule has 2 atom stereocenters. The van der Waals surface area contributed by atoms with Gasteiger partial charge < -0.3 is 20.6 Å². The number of anilines is 2. The molecule has 0 radical (unpaired) electrons. The van der Waals surface area contributed by atoms with E-state index in [-0.39, 0.29) is 17.3 Å². The fraction of sp³-hybridized carbons (Fsp3) is 0.565. The molecule has 1 fully saturated rings. The van der Waals surface area contributed by atoms with Gasteiger partial charge in [0.1, 0.15) is 6.17 Å². The molecule has 2 unspecified atom stereocenters. The molecule has 0 bridgehead atoms. The Bertz CT molecular complexity index is 790. The maximum atomic E-state index is 14.1. The minimum atomic E-state index is -1.75. The van der Waals surface area contributed by atoms with Crippen molar-refractivity contribution in [2.45, 2.75) is 64.2 Å². The Morgan fingerprint density at radius 1 is 1.30 bits per heavy atom. The van der Waals surface area contributed by atoms with Crippen LogP contribution >= 0.6 is 0 Å². The molecule has 0 spiro atoms. The molecule has 1 saturated carbocycles. The lowest BCUT2D eigenvalue weighted by Crippen LogP contribution is -2.37. The molecule has 3 rings (SSSR count). The van der Waals surface area contributed by atoms with Crippen LogP contribution in [0.3, 0.4) is 0 Å². The predicted molar refractivity (Wildman–Crippen MR) is 119 cm³/mol. The summed E-state index contributed by atoms with van der Waals surface area (Å²) < 4.78 is 33.3. The van der Waals surface area contributed by atoms with Crippen LogP contribution in [-0.2, 0) is 0 Å². The first-order valence-corrected chi connectivity index (χ1v) is 10.3. The van der Waals surface area contributed by atoms with Gasteiger partial charge in [0.05, 0.1) is 17.4 Å². The van der Waals surface area contributed by atoms with Crippen LogP contribution in [0.5, 0.6) is 5.75 Å². The van der Waals surface area contributed by atoms with Gasteiger partial charge in [-0.05, 0) is 69.7 Å². The second-order valence-electron chi connectivity index (χ2n) is 8.43. The maximum absolute atomic E-state index is 14.1. The number of benzene rings is 1. The van der Waals surface area contributed by atoms with Crippen LogP contribution < -0.4 is 15.5 Å². The van der Waals surface area contributed by atoms with E-state index in [4.69, 9.17) is 5.73 Å². The van der Waals surface area contributed by atoms with Crippen molar-refractivity contribution in [3.63, 3.8) is 0 Å². The van der Waals surface area contributed by atoms with E-state index >= 15 is 0 Å². The maximum Gasteiger partial charge on any atom is 0.229 e. The molecule has 0 amide bonds. The van der Waals surface area contributed by atoms with E-state index in [9.17, 15) is 18.3 Å². The normalized spacial score (nSPS) is 18.6. The second kappa shape index (κ2) is 9.77. The molecule has 1 aliphatic heterocycles. The van der Waals surface area contributed by atoms with Gasteiger partial charge >= 0.3 is 0 Å². The smallest absolute Gasteiger partial charge is 0.229 e. The quantitative estimate of drug-likeness (QED) is 0.609. The SMILES string of the molecule is C=C1C(C)=CN(C(C)C(C)F)c2c1ccc(N(C)CCCC1(N)CC1)c2O.FCF. The van der Waals surface area contributed by atoms with Crippen molar-refractivity contribution in [2.75, 3.05) is 30.3 Å². The van der Waals surface area contributed by atoms with Gasteiger partial charge in [-0.3, -0.25) is 0 Å². The molecule has 0 aromatic heterocycles. The zero-order chi connectivity index (χ0) is 22.6. The Morgan fingerprint density at radius 2 is 1.90 bits per heavy atom. The van der Waals surface area contributed by atoms with Crippen LogP contribution in [0.2, 0.25) is 0 Å². The predicted octanol–water partition coefficient (Wildman–Crippen LogP) is 5.47. The van der Waals surface area contributed by atoms with Gasteiger partial charge in [-0.25, -0.2) is 13.2 Å². The van der Waals surface area contributed by atoms with E-state index in [0.717, 1.165) is 54.6 Å². The third kappa shape index (κ3) is 5.31. The lowest BCUT2D eigenvalue weighted by atomic mass is 9.93. The van der Waals surface area contributed by atoms with Crippen LogP contribution in [0.25, 0.3) is 5.57 Å². The molecule has 0 saturated heterocycles. The van der Waals surface area contributed by atoms with Crippen LogP contribution in [-0.4, -0.2) is 43.4 Å². The lowest BCUT2D eigenvalue weighted by molar-refractivity contribution is 0.295. The van der Waals surface area contributed by atoms with Crippen molar-refractivity contribution in [3.8, 4) is 5.75 Å². The number of nitrogens with two attached hydrogens (primary N) is 1. The van der Waals surface area contributed by atoms with Gasteiger partial charge in [0.2, 0.25) is 6.93 Å². The number of phenols is 1. The monoisotopic (exact) mass is 425 g/mol. The van der Waals surface area contributed by atoms with Crippen LogP contribution in [0, 0.1) is 0 Å². The van der Waals surface area contributed by atoms with E-state index < -0.39 is 13.1 Å². The number of hydrogen-bond acceptors (Lipinski definition) is 4. The summed E-state index contributed by atoms with van der Waals surface area (Å²) >= 11 is 0. The van der Waals surface area contributed by atoms with E-state index in [1.165, 1.54) is 0 Å². The third-order valence-electron chi connectivity index (χ3n) is 6.10. The first-order valence-electron chi connectivity index (χ1n) is 10.3. The highest BCUT2D eigenvalue weighted by Crippen LogP contribution is 2.47. The van der Waals surface area contributed by atoms with Crippen molar-refractivity contribution in [3.05, 3.63) is 36.0 Å². The van der Waals surface area contributed by atoms with Crippen molar-refractivity contribution < 1.29 is 18.3 Å². The minimum absolute atomic E-state index is 0.0439. The van der Waals surface area contributed by atoms with Crippen molar-refractivity contribution in [1.29, 1.82) is 0 Å². The number of allylic oxidation sites excluding steroid dienone is 2. The molecule has 1 aromatic rings. The summed E-state index contributed by atoms with van der Waals surface area (Å²) in [4.78, 5) is 3.90. The molecular weight excluding hydrogens is 391 g/mol. The van der Waals surface area contributed by atoms with E-state index in [1.807, 2.05) is 44.1 Å². The van der Waals surface area contributed by atoms with E-state index in [0.29, 0.717) is 5.69 Å². The van der Waals surface area contributed by atoms with Crippen LogP contribution in [0.15, 0.2) is 30.5 Å². The Hall–Kier alpha value is -2.15. The first kappa shape index (κ1) is 24.1. The molecule has 7 heteroatoms. The number of halogens is 3. The second-order valence-corrected chi connectivity index (χ2v) is 8.43. The molecule has 168 valence electrons. The summed E-state index contributed by atoms with van der Waals surface area (Å²) in [5, 5.41) is 11.1. The first-order chi connectivity index (χ1) is 14.1. The number of phenolic OH excluding ortho intramolecular Hbond substituents is 1. The molecule has 3 N–H and O–H groups in total. The molecule has 1 heterocycles. The Kier molecular flexibility index (Phi) is 7.86. The van der Waals surface area contributed by atoms with Crippen molar-refractivity contribution in [1.82, 2.24) is 0 Å². The van der Waals surface area contributed by atoms with Gasteiger partial charge in [0.25, 0.3) is 0 Å². The molecule has 4 nitrogen and oxygen atoms in total. The molecule has 2 aliphatic rings. The highest BCUT2D eigenvalue weighted by molar-refractivity contribution is 5.93. The summed E-state index contributed by atoms with van der Waals surface area (Å²) in [5.74, 6) is 0.182. The summed E-state index contributed by atoms with van der Waals surface area (Å²) in [6.45, 7) is 8.55. The number of nitrogens with zero attached hydrogens (tertiary/aromatic N) is 2. The third-order valence-corrected chi connectivity index (χ3v) is 6.10. The van der Waals surface area contributed by atoms with Gasteiger partial charge in [-0.1, -0.05) is 6.58 Å². The standard InChI is InChI=1S/C22H32FN3O.CH2F2/c1-14-13-26(17(4)16(3)23)20-18(15(14)2)7-8-19(21(20)27)25(5)12-6-9-22(24)10-11-22;2-1-3/h7-8,13,16-17,27H,2,6,9-12,24H2,1,3-5H3;1H2. The fourth-order valence-electron chi connectivity index (χ4n) is 3.69. The summed E-state index contributed by atoms with van der Waals surface area (Å²) in [6.07, 6.45) is 5.07. The van der Waals surface area contributed by atoms with Crippen LogP contribution in [0.1, 0.15) is 52.0 Å². The fourth-order valence-corrected chi connectivity index (χ4v) is 3.69. The molecule has 1 aliphatic carbocycles. The average Bonchev–Trinajstić information content (AvgIpc) is 3.41. The molecule has 30 heavy (non-hydrogen) atoms. The highest BCUT2D eigenvalue weighted by Gasteiger charge is 2.37. The number of aromatic hydroxyl groups is 1. The largest absolute Gasteiger partial charge is 0.504 e. The lowest BCUT2D eigenvalue weighted by Gasteiger charge is -2.37. The summed E-state index contributed by atoms with van der Waals surface area (Å²) in [5.41, 5.74) is 10.3. The number of rotatable bonds is 7. The highest BCUT2D eigenvalue weighted by atomic mass is 19.3. The zero-order valence-electron chi connectivity index (χ0n) is 18.4. The number of hydrogen-bond donors (Lipinski definition) is 2. The Labute approximate surface area is 177 Å². The Balaban J connectivity index is 0.00000101. The Morgan fingerprint density at radius 3 is 2.43 bits per heavy atom. The van der Waals surface area contributed by atoms with E-state index in [2.05, 4.69) is 11.5 Å². The number of alkyl halides is 3. The number of fused-ring (bicyclic) bond motifs is 1.